The molecule has 1 atom stereocenters. The quantitative estimate of drug-likeness (QED) is 0.277. The van der Waals surface area contributed by atoms with Crippen LogP contribution < -0.4 is 0 Å². The van der Waals surface area contributed by atoms with E-state index in [-0.39, 0.29) is 24.6 Å². The maximum absolute atomic E-state index is 11.9. The lowest BCUT2D eigenvalue weighted by molar-refractivity contribution is -0.920. The lowest BCUT2D eigenvalue weighted by atomic mass is 9.95. The van der Waals surface area contributed by atoms with Gasteiger partial charge in [0, 0.05) is 6.42 Å². The Kier molecular flexibility index (Phi) is 6.19. The van der Waals surface area contributed by atoms with Gasteiger partial charge >= 0.3 is 15.2 Å². The summed E-state index contributed by atoms with van der Waals surface area (Å²) in [6.07, 6.45) is 2.14. The maximum Gasteiger partial charge on any atom is 0.344 e. The second-order valence-electron chi connectivity index (χ2n) is 6.40. The van der Waals surface area contributed by atoms with Gasteiger partial charge in [-0.05, 0) is 31.4 Å². The van der Waals surface area contributed by atoms with Crippen LogP contribution in [0.1, 0.15) is 32.1 Å². The SMILES string of the molecule is C[N+]1(C)CCCCC1CC(CCS)(P(=O)(O)O)P(=O)(O)O. The van der Waals surface area contributed by atoms with Crippen molar-refractivity contribution in [2.45, 2.75) is 43.0 Å². The molecule has 0 aromatic rings. The smallest absolute Gasteiger partial charge is 0.326 e. The molecule has 7 nitrogen and oxygen atoms in total. The van der Waals surface area contributed by atoms with Crippen LogP contribution in [0.3, 0.4) is 0 Å². The summed E-state index contributed by atoms with van der Waals surface area (Å²) in [5, 5.41) is 0. The van der Waals surface area contributed by atoms with Crippen molar-refractivity contribution in [3.8, 4) is 0 Å². The molecule has 1 saturated heterocycles. The van der Waals surface area contributed by atoms with E-state index in [9.17, 15) is 28.7 Å². The van der Waals surface area contributed by atoms with Gasteiger partial charge in [0.15, 0.2) is 4.90 Å². The van der Waals surface area contributed by atoms with Crippen LogP contribution in [0.25, 0.3) is 0 Å². The van der Waals surface area contributed by atoms with Crippen molar-refractivity contribution >= 4 is 27.8 Å². The summed E-state index contributed by atoms with van der Waals surface area (Å²) in [4.78, 5) is 36.4. The van der Waals surface area contributed by atoms with Gasteiger partial charge in [-0.1, -0.05) is 0 Å². The number of hydrogen-bond donors (Lipinski definition) is 5. The summed E-state index contributed by atoms with van der Waals surface area (Å²) >= 11 is 3.95. The van der Waals surface area contributed by atoms with Crippen LogP contribution in [-0.2, 0) is 9.13 Å². The van der Waals surface area contributed by atoms with Crippen LogP contribution in [0.15, 0.2) is 0 Å². The summed E-state index contributed by atoms with van der Waals surface area (Å²) in [7, 11) is -6.10. The predicted molar refractivity (Wildman–Crippen MR) is 84.5 cm³/mol. The number of nitrogens with zero attached hydrogens (tertiary/aromatic N) is 1. The van der Waals surface area contributed by atoms with Crippen molar-refractivity contribution in [2.75, 3.05) is 26.4 Å². The summed E-state index contributed by atoms with van der Waals surface area (Å²) in [6.45, 7) is 0.837. The van der Waals surface area contributed by atoms with Crippen LogP contribution in [0.5, 0.6) is 0 Å². The third kappa shape index (κ3) is 4.12. The Morgan fingerprint density at radius 1 is 1.14 bits per heavy atom. The zero-order valence-corrected chi connectivity index (χ0v) is 15.1. The van der Waals surface area contributed by atoms with E-state index >= 15 is 0 Å². The third-order valence-electron chi connectivity index (χ3n) is 4.67. The van der Waals surface area contributed by atoms with Crippen molar-refractivity contribution < 1.29 is 33.2 Å². The monoisotopic (exact) mass is 362 g/mol. The highest BCUT2D eigenvalue weighted by molar-refractivity contribution is 7.80. The lowest BCUT2D eigenvalue weighted by Gasteiger charge is -2.46. The molecule has 1 heterocycles. The van der Waals surface area contributed by atoms with E-state index in [1.54, 1.807) is 0 Å². The van der Waals surface area contributed by atoms with Crippen LogP contribution in [-0.4, -0.2) is 61.4 Å². The van der Waals surface area contributed by atoms with Crippen LogP contribution >= 0.6 is 27.8 Å². The van der Waals surface area contributed by atoms with Crippen molar-refractivity contribution in [3.05, 3.63) is 0 Å². The highest BCUT2D eigenvalue weighted by Gasteiger charge is 2.61. The van der Waals surface area contributed by atoms with Gasteiger partial charge in [0.25, 0.3) is 0 Å². The van der Waals surface area contributed by atoms with Gasteiger partial charge in [-0.2, -0.15) is 12.6 Å². The largest absolute Gasteiger partial charge is 0.344 e. The Bertz CT molecular complexity index is 438. The molecule has 0 saturated carbocycles. The Morgan fingerprint density at radius 3 is 2.05 bits per heavy atom. The van der Waals surface area contributed by atoms with Gasteiger partial charge in [0.05, 0.1) is 26.7 Å². The van der Waals surface area contributed by atoms with Gasteiger partial charge in [-0.15, -0.1) is 0 Å². The molecule has 1 aliphatic rings. The minimum Gasteiger partial charge on any atom is -0.326 e. The molecule has 1 fully saturated rings. The summed E-state index contributed by atoms with van der Waals surface area (Å²) in [6, 6.07) is -0.182. The minimum absolute atomic E-state index is 0.0103. The van der Waals surface area contributed by atoms with Gasteiger partial charge in [0.2, 0.25) is 0 Å². The molecule has 10 heteroatoms. The molecule has 0 radical (unpaired) electrons. The molecule has 0 aliphatic carbocycles. The normalized spacial score (nSPS) is 24.0. The molecule has 1 unspecified atom stereocenters. The van der Waals surface area contributed by atoms with Crippen LogP contribution in [0.4, 0.5) is 0 Å². The number of hydrogen-bond acceptors (Lipinski definition) is 3. The van der Waals surface area contributed by atoms with Crippen molar-refractivity contribution in [3.63, 3.8) is 0 Å². The fraction of sp³-hybridized carbons (Fsp3) is 1.00. The van der Waals surface area contributed by atoms with Crippen LogP contribution in [0, 0.1) is 0 Å². The van der Waals surface area contributed by atoms with Gasteiger partial charge < -0.3 is 24.1 Å². The molecule has 126 valence electrons. The highest BCUT2D eigenvalue weighted by atomic mass is 32.1. The summed E-state index contributed by atoms with van der Waals surface area (Å²) in [5.74, 6) is 0.0103. The van der Waals surface area contributed by atoms with Crippen molar-refractivity contribution in [1.29, 1.82) is 0 Å². The van der Waals surface area contributed by atoms with Gasteiger partial charge in [0.1, 0.15) is 0 Å². The second-order valence-corrected chi connectivity index (χ2v) is 11.1. The Balaban J connectivity index is 3.25. The van der Waals surface area contributed by atoms with Crippen molar-refractivity contribution in [2.24, 2.45) is 0 Å². The van der Waals surface area contributed by atoms with E-state index in [4.69, 9.17) is 0 Å². The number of piperidine rings is 1. The van der Waals surface area contributed by atoms with Gasteiger partial charge in [-0.3, -0.25) is 9.13 Å². The standard InChI is InChI=1S/C11H25NO6P2S/c1-12(2)7-4-3-5-10(12)9-11(6-8-21,19(13,14)15)20(16,17)18/h10H,3-9H2,1-2H3,(H4-,13,14,15,16,17,18,21)/p+1. The minimum atomic E-state index is -4.99. The van der Waals surface area contributed by atoms with E-state index in [0.717, 1.165) is 19.4 Å². The second kappa shape index (κ2) is 6.62. The van der Waals surface area contributed by atoms with Crippen molar-refractivity contribution in [1.82, 2.24) is 0 Å². The maximum atomic E-state index is 11.9. The molecule has 1 rings (SSSR count). The van der Waals surface area contributed by atoms with E-state index in [0.29, 0.717) is 10.9 Å². The first kappa shape index (κ1) is 19.7. The van der Waals surface area contributed by atoms with E-state index < -0.39 is 20.1 Å². The average molecular weight is 362 g/mol. The topological polar surface area (TPSA) is 115 Å². The first-order valence-corrected chi connectivity index (χ1v) is 10.8. The number of likely N-dealkylation sites (tertiary alicyclic amines) is 1. The predicted octanol–water partition coefficient (Wildman–Crippen LogP) is 1.38. The first-order chi connectivity index (χ1) is 9.37. The zero-order valence-electron chi connectivity index (χ0n) is 12.4. The van der Waals surface area contributed by atoms with E-state index in [1.807, 2.05) is 14.1 Å². The molecule has 0 aromatic heterocycles. The highest BCUT2D eigenvalue weighted by Crippen LogP contribution is 2.73. The molecule has 0 bridgehead atoms. The van der Waals surface area contributed by atoms with Crippen LogP contribution in [0.2, 0.25) is 0 Å². The van der Waals surface area contributed by atoms with E-state index in [1.165, 1.54) is 0 Å². The molecule has 0 spiro atoms. The molecule has 4 N–H and O–H groups in total. The zero-order chi connectivity index (χ0) is 16.5. The Labute approximate surface area is 131 Å². The summed E-state index contributed by atoms with van der Waals surface area (Å²) < 4.78 is 24.4. The fourth-order valence-electron chi connectivity index (χ4n) is 3.14. The molecule has 21 heavy (non-hydrogen) atoms. The molecule has 0 amide bonds. The third-order valence-corrected chi connectivity index (χ3v) is 9.44. The first-order valence-electron chi connectivity index (χ1n) is 6.92. The number of rotatable bonds is 6. The summed E-state index contributed by atoms with van der Waals surface area (Å²) in [5.41, 5.74) is 0. The molecule has 1 aliphatic heterocycles. The van der Waals surface area contributed by atoms with E-state index in [2.05, 4.69) is 12.6 Å². The molecule has 0 aromatic carbocycles. The fourth-order valence-corrected chi connectivity index (χ4v) is 6.93. The molecular formula is C11H26NO6P2S+. The Hall–Kier alpha value is 0.610. The van der Waals surface area contributed by atoms with Gasteiger partial charge in [-0.25, -0.2) is 0 Å². The average Bonchev–Trinajstić information content (AvgIpc) is 2.27. The molecular weight excluding hydrogens is 336 g/mol. The number of thiol groups is 1. The lowest BCUT2D eigenvalue weighted by Crippen LogP contribution is -2.54. The number of quaternary nitrogens is 1. The Morgan fingerprint density at radius 2 is 1.67 bits per heavy atom.